The maximum absolute atomic E-state index is 9.30. The molecule has 2 aromatic carbocycles. The van der Waals surface area contributed by atoms with Crippen LogP contribution in [-0.4, -0.2) is 9.67 Å². The second kappa shape index (κ2) is 4.22. The Morgan fingerprint density at radius 2 is 1.72 bits per heavy atom. The first-order valence-corrected chi connectivity index (χ1v) is 6.07. The smallest absolute Gasteiger partial charge is 0.115 e. The molecule has 0 radical (unpaired) electrons. The number of phenolic OH excluding ortho intramolecular Hbond substituents is 1. The van der Waals surface area contributed by atoms with Gasteiger partial charge in [-0.3, -0.25) is 0 Å². The minimum Gasteiger partial charge on any atom is -0.508 e. The number of rotatable bonds is 2. The fraction of sp³-hybridized carbons (Fsp3) is 0.125. The zero-order chi connectivity index (χ0) is 12.5. The van der Waals surface area contributed by atoms with Gasteiger partial charge in [-0.15, -0.1) is 0 Å². The highest BCUT2D eigenvalue weighted by molar-refractivity contribution is 5.81. The summed E-state index contributed by atoms with van der Waals surface area (Å²) in [5.74, 6) is 0.313. The van der Waals surface area contributed by atoms with Gasteiger partial charge in [0.15, 0.2) is 0 Å². The van der Waals surface area contributed by atoms with Gasteiger partial charge in [-0.05, 0) is 42.1 Å². The molecule has 0 saturated carbocycles. The molecule has 0 unspecified atom stereocenters. The monoisotopic (exact) mass is 237 g/mol. The number of hydrogen-bond donors (Lipinski definition) is 1. The highest BCUT2D eigenvalue weighted by atomic mass is 16.3. The predicted octanol–water partition coefficient (Wildman–Crippen LogP) is 3.70. The van der Waals surface area contributed by atoms with E-state index in [1.54, 1.807) is 12.1 Å². The van der Waals surface area contributed by atoms with Gasteiger partial charge in [0.25, 0.3) is 0 Å². The Hall–Kier alpha value is -2.22. The molecular weight excluding hydrogens is 222 g/mol. The van der Waals surface area contributed by atoms with Crippen LogP contribution in [-0.2, 0) is 6.54 Å². The van der Waals surface area contributed by atoms with Gasteiger partial charge in [-0.2, -0.15) is 0 Å². The van der Waals surface area contributed by atoms with E-state index in [0.29, 0.717) is 5.75 Å². The van der Waals surface area contributed by atoms with Gasteiger partial charge in [0, 0.05) is 17.8 Å². The normalized spacial score (nSPS) is 10.9. The van der Waals surface area contributed by atoms with Crippen LogP contribution < -0.4 is 0 Å². The first-order valence-electron chi connectivity index (χ1n) is 6.07. The number of nitrogens with zero attached hydrogens (tertiary/aromatic N) is 1. The second-order valence-corrected chi connectivity index (χ2v) is 4.60. The van der Waals surface area contributed by atoms with Crippen molar-refractivity contribution in [3.8, 4) is 5.75 Å². The minimum absolute atomic E-state index is 0.313. The maximum atomic E-state index is 9.30. The van der Waals surface area contributed by atoms with Crippen LogP contribution in [0.15, 0.2) is 54.6 Å². The molecular formula is C16H15NO. The van der Waals surface area contributed by atoms with Gasteiger partial charge in [-0.25, -0.2) is 0 Å². The Kier molecular flexibility index (Phi) is 2.56. The van der Waals surface area contributed by atoms with E-state index in [9.17, 15) is 5.11 Å². The summed E-state index contributed by atoms with van der Waals surface area (Å²) in [6.45, 7) is 2.96. The van der Waals surface area contributed by atoms with Crippen LogP contribution >= 0.6 is 0 Å². The molecule has 2 heteroatoms. The van der Waals surface area contributed by atoms with Crippen LogP contribution in [0.25, 0.3) is 10.9 Å². The summed E-state index contributed by atoms with van der Waals surface area (Å²) in [7, 11) is 0. The summed E-state index contributed by atoms with van der Waals surface area (Å²) in [4.78, 5) is 0. The molecule has 90 valence electrons. The summed E-state index contributed by atoms with van der Waals surface area (Å²) < 4.78 is 2.29. The van der Waals surface area contributed by atoms with Crippen molar-refractivity contribution in [2.45, 2.75) is 13.5 Å². The summed E-state index contributed by atoms with van der Waals surface area (Å²) in [6.07, 6.45) is 0. The molecule has 0 aliphatic carbocycles. The lowest BCUT2D eigenvalue weighted by Crippen LogP contribution is -2.00. The van der Waals surface area contributed by atoms with E-state index in [1.165, 1.54) is 22.2 Å². The van der Waals surface area contributed by atoms with Crippen molar-refractivity contribution < 1.29 is 5.11 Å². The van der Waals surface area contributed by atoms with Crippen molar-refractivity contribution in [3.05, 3.63) is 65.9 Å². The molecule has 1 aromatic heterocycles. The molecule has 3 rings (SSSR count). The van der Waals surface area contributed by atoms with E-state index in [2.05, 4.69) is 41.8 Å². The van der Waals surface area contributed by atoms with E-state index in [0.717, 1.165) is 6.54 Å². The molecule has 0 atom stereocenters. The zero-order valence-electron chi connectivity index (χ0n) is 10.3. The van der Waals surface area contributed by atoms with Gasteiger partial charge in [0.1, 0.15) is 5.75 Å². The standard InChI is InChI=1S/C16H15NO/c1-12-10-14-4-2-3-5-16(14)17(12)11-13-6-8-15(18)9-7-13/h2-10,18H,11H2,1H3. The molecule has 0 amide bonds. The van der Waals surface area contributed by atoms with Gasteiger partial charge in [0.2, 0.25) is 0 Å². The maximum Gasteiger partial charge on any atom is 0.115 e. The van der Waals surface area contributed by atoms with E-state index in [1.807, 2.05) is 12.1 Å². The molecule has 1 heterocycles. The lowest BCUT2D eigenvalue weighted by Gasteiger charge is -2.08. The molecule has 0 bridgehead atoms. The topological polar surface area (TPSA) is 25.2 Å². The molecule has 0 aliphatic heterocycles. The van der Waals surface area contributed by atoms with Crippen molar-refractivity contribution in [3.63, 3.8) is 0 Å². The molecule has 0 aliphatic rings. The number of benzene rings is 2. The quantitative estimate of drug-likeness (QED) is 0.722. The number of phenols is 1. The summed E-state index contributed by atoms with van der Waals surface area (Å²) in [5.41, 5.74) is 3.70. The number of aryl methyl sites for hydroxylation is 1. The molecule has 18 heavy (non-hydrogen) atoms. The third kappa shape index (κ3) is 1.86. The number of hydrogen-bond acceptors (Lipinski definition) is 1. The summed E-state index contributed by atoms with van der Waals surface area (Å²) >= 11 is 0. The first kappa shape index (κ1) is 10.9. The Bertz CT molecular complexity index is 680. The highest BCUT2D eigenvalue weighted by Gasteiger charge is 2.05. The van der Waals surface area contributed by atoms with E-state index in [4.69, 9.17) is 0 Å². The van der Waals surface area contributed by atoms with Gasteiger partial charge < -0.3 is 9.67 Å². The van der Waals surface area contributed by atoms with Crippen molar-refractivity contribution in [2.75, 3.05) is 0 Å². The van der Waals surface area contributed by atoms with Crippen LogP contribution in [0.3, 0.4) is 0 Å². The Morgan fingerprint density at radius 3 is 2.50 bits per heavy atom. The van der Waals surface area contributed by atoms with Gasteiger partial charge in [-0.1, -0.05) is 30.3 Å². The lowest BCUT2D eigenvalue weighted by atomic mass is 10.2. The molecule has 1 N–H and O–H groups in total. The summed E-state index contributed by atoms with van der Waals surface area (Å²) in [5, 5.41) is 10.6. The van der Waals surface area contributed by atoms with Crippen molar-refractivity contribution in [2.24, 2.45) is 0 Å². The Labute approximate surface area is 106 Å². The van der Waals surface area contributed by atoms with Crippen LogP contribution in [0.2, 0.25) is 0 Å². The lowest BCUT2D eigenvalue weighted by molar-refractivity contribution is 0.475. The van der Waals surface area contributed by atoms with Crippen LogP contribution in [0.4, 0.5) is 0 Å². The average Bonchev–Trinajstić information content (AvgIpc) is 2.69. The van der Waals surface area contributed by atoms with Crippen molar-refractivity contribution >= 4 is 10.9 Å². The van der Waals surface area contributed by atoms with Crippen LogP contribution in [0, 0.1) is 6.92 Å². The van der Waals surface area contributed by atoms with Crippen LogP contribution in [0.5, 0.6) is 5.75 Å². The average molecular weight is 237 g/mol. The molecule has 0 saturated heterocycles. The van der Waals surface area contributed by atoms with E-state index >= 15 is 0 Å². The Morgan fingerprint density at radius 1 is 1.00 bits per heavy atom. The van der Waals surface area contributed by atoms with Crippen LogP contribution in [0.1, 0.15) is 11.3 Å². The van der Waals surface area contributed by atoms with Gasteiger partial charge in [0.05, 0.1) is 0 Å². The minimum atomic E-state index is 0.313. The van der Waals surface area contributed by atoms with Gasteiger partial charge >= 0.3 is 0 Å². The number of aromatic nitrogens is 1. The Balaban J connectivity index is 2.04. The molecule has 2 nitrogen and oxygen atoms in total. The third-order valence-corrected chi connectivity index (χ3v) is 3.29. The number of para-hydroxylation sites is 1. The predicted molar refractivity (Wildman–Crippen MR) is 73.9 cm³/mol. The van der Waals surface area contributed by atoms with Crippen molar-refractivity contribution in [1.82, 2.24) is 4.57 Å². The molecule has 0 fully saturated rings. The third-order valence-electron chi connectivity index (χ3n) is 3.29. The fourth-order valence-corrected chi connectivity index (χ4v) is 2.34. The van der Waals surface area contributed by atoms with Crippen molar-refractivity contribution in [1.29, 1.82) is 0 Å². The number of aromatic hydroxyl groups is 1. The zero-order valence-corrected chi connectivity index (χ0v) is 10.3. The van der Waals surface area contributed by atoms with E-state index < -0.39 is 0 Å². The highest BCUT2D eigenvalue weighted by Crippen LogP contribution is 2.21. The van der Waals surface area contributed by atoms with E-state index in [-0.39, 0.29) is 0 Å². The first-order chi connectivity index (χ1) is 8.74. The SMILES string of the molecule is Cc1cc2ccccc2n1Cc1ccc(O)cc1. The second-order valence-electron chi connectivity index (χ2n) is 4.60. The fourth-order valence-electron chi connectivity index (χ4n) is 2.34. The molecule has 3 aromatic rings. The molecule has 0 spiro atoms. The largest absolute Gasteiger partial charge is 0.508 e. The summed E-state index contributed by atoms with van der Waals surface area (Å²) in [6, 6.07) is 18.0. The number of fused-ring (bicyclic) bond motifs is 1.